The second-order valence-corrected chi connectivity index (χ2v) is 6.67. The topological polar surface area (TPSA) is 57.7 Å². The van der Waals surface area contributed by atoms with Crippen molar-refractivity contribution in [2.75, 3.05) is 43.6 Å². The van der Waals surface area contributed by atoms with Crippen LogP contribution in [0.15, 0.2) is 29.6 Å². The van der Waals surface area contributed by atoms with E-state index in [-0.39, 0.29) is 6.03 Å². The maximum absolute atomic E-state index is 12.4. The molecule has 1 aliphatic rings. The van der Waals surface area contributed by atoms with Gasteiger partial charge >= 0.3 is 6.03 Å². The number of carbonyl (C=O) groups is 1. The third kappa shape index (κ3) is 4.04. The van der Waals surface area contributed by atoms with E-state index >= 15 is 0 Å². The highest BCUT2D eigenvalue weighted by atomic mass is 32.1. The molecule has 1 saturated heterocycles. The van der Waals surface area contributed by atoms with Gasteiger partial charge in [-0.05, 0) is 18.6 Å². The van der Waals surface area contributed by atoms with E-state index in [0.29, 0.717) is 11.7 Å². The molecule has 1 N–H and O–H groups in total. The molecule has 2 aromatic rings. The Bertz CT molecular complexity index is 697. The summed E-state index contributed by atoms with van der Waals surface area (Å²) in [5.41, 5.74) is 3.22. The first kappa shape index (κ1) is 16.7. The van der Waals surface area contributed by atoms with E-state index < -0.39 is 0 Å². The van der Waals surface area contributed by atoms with Crippen LogP contribution in [0, 0.1) is 6.92 Å². The minimum absolute atomic E-state index is 0.152. The number of benzene rings is 1. The van der Waals surface area contributed by atoms with Gasteiger partial charge < -0.3 is 14.5 Å². The number of hydrogen-bond acceptors (Lipinski definition) is 5. The van der Waals surface area contributed by atoms with Gasteiger partial charge in [0.05, 0.1) is 18.9 Å². The second kappa shape index (κ2) is 7.63. The monoisotopic (exact) mass is 346 g/mol. The number of urea groups is 1. The van der Waals surface area contributed by atoms with Crippen molar-refractivity contribution in [2.45, 2.75) is 13.5 Å². The van der Waals surface area contributed by atoms with Crippen LogP contribution >= 0.6 is 11.3 Å². The fourth-order valence-electron chi connectivity index (χ4n) is 2.68. The Labute approximate surface area is 146 Å². The Morgan fingerprint density at radius 3 is 2.83 bits per heavy atom. The fourth-order valence-corrected chi connectivity index (χ4v) is 3.36. The lowest BCUT2D eigenvalue weighted by atomic mass is 10.1. The van der Waals surface area contributed by atoms with Gasteiger partial charge in [-0.1, -0.05) is 18.2 Å². The Morgan fingerprint density at radius 1 is 1.38 bits per heavy atom. The molecule has 24 heavy (non-hydrogen) atoms. The average Bonchev–Trinajstić information content (AvgIpc) is 3.01. The summed E-state index contributed by atoms with van der Waals surface area (Å²) in [4.78, 5) is 20.6. The molecular formula is C17H22N4O2S. The number of amides is 2. The lowest BCUT2D eigenvalue weighted by Crippen LogP contribution is -2.37. The first-order chi connectivity index (χ1) is 11.6. The Kier molecular flexibility index (Phi) is 5.32. The van der Waals surface area contributed by atoms with Crippen LogP contribution in [0.1, 0.15) is 11.3 Å². The van der Waals surface area contributed by atoms with Gasteiger partial charge in [0.15, 0.2) is 5.13 Å². The van der Waals surface area contributed by atoms with E-state index in [1.165, 1.54) is 17.0 Å². The van der Waals surface area contributed by atoms with Crippen molar-refractivity contribution in [2.24, 2.45) is 0 Å². The molecule has 0 saturated carbocycles. The standard InChI is InChI=1S/C17H22N4O2S/c1-13-12-24-16(18-13)19-17(22)20(2)11-14-5-3-4-6-15(14)21-7-9-23-10-8-21/h3-6,12H,7-11H2,1-2H3,(H,18,19,22). The Morgan fingerprint density at radius 2 is 2.12 bits per heavy atom. The van der Waals surface area contributed by atoms with E-state index in [1.807, 2.05) is 24.4 Å². The van der Waals surface area contributed by atoms with Crippen molar-refractivity contribution in [1.29, 1.82) is 0 Å². The average molecular weight is 346 g/mol. The van der Waals surface area contributed by atoms with E-state index in [4.69, 9.17) is 4.74 Å². The number of ether oxygens (including phenoxy) is 1. The van der Waals surface area contributed by atoms with Gasteiger partial charge in [0.25, 0.3) is 0 Å². The molecule has 0 unspecified atom stereocenters. The molecule has 2 heterocycles. The van der Waals surface area contributed by atoms with Gasteiger partial charge in [-0.3, -0.25) is 5.32 Å². The molecule has 6 nitrogen and oxygen atoms in total. The van der Waals surface area contributed by atoms with Crippen LogP contribution in [0.3, 0.4) is 0 Å². The lowest BCUT2D eigenvalue weighted by Gasteiger charge is -2.31. The summed E-state index contributed by atoms with van der Waals surface area (Å²) in [5.74, 6) is 0. The summed E-state index contributed by atoms with van der Waals surface area (Å²) in [7, 11) is 1.80. The van der Waals surface area contributed by atoms with E-state index in [0.717, 1.165) is 37.6 Å². The molecule has 0 radical (unpaired) electrons. The van der Waals surface area contributed by atoms with Crippen LogP contribution in [0.4, 0.5) is 15.6 Å². The molecule has 0 bridgehead atoms. The van der Waals surface area contributed by atoms with Crippen LogP contribution in [-0.2, 0) is 11.3 Å². The number of aryl methyl sites for hydroxylation is 1. The van der Waals surface area contributed by atoms with Gasteiger partial charge in [-0.15, -0.1) is 11.3 Å². The smallest absolute Gasteiger partial charge is 0.323 e. The molecule has 0 aliphatic carbocycles. The largest absolute Gasteiger partial charge is 0.378 e. The number of nitrogens with one attached hydrogen (secondary N) is 1. The molecule has 1 aliphatic heterocycles. The maximum Gasteiger partial charge on any atom is 0.323 e. The molecule has 0 atom stereocenters. The molecule has 0 spiro atoms. The Hall–Kier alpha value is -2.12. The molecule has 7 heteroatoms. The zero-order valence-corrected chi connectivity index (χ0v) is 14.8. The van der Waals surface area contributed by atoms with Crippen LogP contribution < -0.4 is 10.2 Å². The highest BCUT2D eigenvalue weighted by Crippen LogP contribution is 2.23. The summed E-state index contributed by atoms with van der Waals surface area (Å²) in [6.45, 7) is 5.71. The van der Waals surface area contributed by atoms with Crippen LogP contribution in [-0.4, -0.2) is 49.3 Å². The van der Waals surface area contributed by atoms with Crippen molar-refractivity contribution in [3.8, 4) is 0 Å². The summed E-state index contributed by atoms with van der Waals surface area (Å²) >= 11 is 1.44. The zero-order valence-electron chi connectivity index (χ0n) is 14.0. The summed E-state index contributed by atoms with van der Waals surface area (Å²) in [6.07, 6.45) is 0. The van der Waals surface area contributed by atoms with E-state index in [2.05, 4.69) is 27.3 Å². The third-order valence-corrected chi connectivity index (χ3v) is 4.81. The first-order valence-electron chi connectivity index (χ1n) is 7.98. The van der Waals surface area contributed by atoms with Gasteiger partial charge in [-0.25, -0.2) is 9.78 Å². The normalized spacial score (nSPS) is 14.5. The second-order valence-electron chi connectivity index (χ2n) is 5.81. The van der Waals surface area contributed by atoms with Gasteiger partial charge in [0.2, 0.25) is 0 Å². The number of rotatable bonds is 4. The van der Waals surface area contributed by atoms with Crippen molar-refractivity contribution < 1.29 is 9.53 Å². The van der Waals surface area contributed by atoms with Crippen molar-refractivity contribution >= 4 is 28.2 Å². The number of nitrogens with zero attached hydrogens (tertiary/aromatic N) is 3. The minimum atomic E-state index is -0.152. The van der Waals surface area contributed by atoms with Gasteiger partial charge in [-0.2, -0.15) is 0 Å². The summed E-state index contributed by atoms with van der Waals surface area (Å²) < 4.78 is 5.43. The summed E-state index contributed by atoms with van der Waals surface area (Å²) in [6, 6.07) is 8.07. The quantitative estimate of drug-likeness (QED) is 0.925. The molecule has 2 amide bonds. The maximum atomic E-state index is 12.4. The van der Waals surface area contributed by atoms with Crippen molar-refractivity contribution in [3.63, 3.8) is 0 Å². The number of thiazole rings is 1. The number of hydrogen-bond donors (Lipinski definition) is 1. The van der Waals surface area contributed by atoms with Crippen molar-refractivity contribution in [3.05, 3.63) is 40.9 Å². The number of morpholine rings is 1. The first-order valence-corrected chi connectivity index (χ1v) is 8.86. The van der Waals surface area contributed by atoms with E-state index in [9.17, 15) is 4.79 Å². The molecular weight excluding hydrogens is 324 g/mol. The van der Waals surface area contributed by atoms with Crippen LogP contribution in [0.25, 0.3) is 0 Å². The molecule has 1 aromatic carbocycles. The number of anilines is 2. The number of para-hydroxylation sites is 1. The van der Waals surface area contributed by atoms with Crippen LogP contribution in [0.5, 0.6) is 0 Å². The third-order valence-electron chi connectivity index (χ3n) is 3.93. The van der Waals surface area contributed by atoms with Crippen LogP contribution in [0.2, 0.25) is 0 Å². The number of aromatic nitrogens is 1. The molecule has 128 valence electrons. The van der Waals surface area contributed by atoms with Gasteiger partial charge in [0.1, 0.15) is 0 Å². The predicted octanol–water partition coefficient (Wildman–Crippen LogP) is 2.95. The SMILES string of the molecule is Cc1csc(NC(=O)N(C)Cc2ccccc2N2CCOCC2)n1. The van der Waals surface area contributed by atoms with Gasteiger partial charge in [0, 0.05) is 37.7 Å². The predicted molar refractivity (Wildman–Crippen MR) is 96.8 cm³/mol. The molecule has 1 fully saturated rings. The highest BCUT2D eigenvalue weighted by Gasteiger charge is 2.17. The van der Waals surface area contributed by atoms with E-state index in [1.54, 1.807) is 11.9 Å². The van der Waals surface area contributed by atoms with Crippen molar-refractivity contribution in [1.82, 2.24) is 9.88 Å². The summed E-state index contributed by atoms with van der Waals surface area (Å²) in [5, 5.41) is 5.39. The fraction of sp³-hybridized carbons (Fsp3) is 0.412. The Balaban J connectivity index is 1.67. The minimum Gasteiger partial charge on any atom is -0.378 e. The molecule has 1 aromatic heterocycles. The highest BCUT2D eigenvalue weighted by molar-refractivity contribution is 7.13. The number of carbonyl (C=O) groups excluding carboxylic acids is 1. The lowest BCUT2D eigenvalue weighted by molar-refractivity contribution is 0.122. The molecule has 3 rings (SSSR count). The zero-order chi connectivity index (χ0) is 16.9.